The number of amidine groups is 1. The molecule has 2 aromatic rings. The Morgan fingerprint density at radius 3 is 2.68 bits per heavy atom. The van der Waals surface area contributed by atoms with Crippen LogP contribution >= 0.6 is 11.8 Å². The number of aliphatic imine (C=N–C) groups is 1. The molecule has 7 heteroatoms. The van der Waals surface area contributed by atoms with Crippen LogP contribution in [-0.4, -0.2) is 36.5 Å². The maximum atomic E-state index is 13.1. The number of nitrogens with zero attached hydrogens (tertiary/aromatic N) is 2. The average molecular weight is 396 g/mol. The van der Waals surface area contributed by atoms with Crippen LogP contribution in [0.1, 0.15) is 12.5 Å². The van der Waals surface area contributed by atoms with Crippen LogP contribution in [0.3, 0.4) is 0 Å². The second kappa shape index (κ2) is 9.23. The molecule has 0 aromatic heterocycles. The van der Waals surface area contributed by atoms with E-state index in [0.29, 0.717) is 28.9 Å². The fourth-order valence-corrected chi connectivity index (χ4v) is 3.41. The summed E-state index contributed by atoms with van der Waals surface area (Å²) in [4.78, 5) is 30.8. The van der Waals surface area contributed by atoms with Crippen molar-refractivity contribution in [3.8, 4) is 5.75 Å². The molecular formula is C21H20N2O4S. The molecule has 0 bridgehead atoms. The quantitative estimate of drug-likeness (QED) is 0.550. The molecule has 1 aliphatic heterocycles. The minimum absolute atomic E-state index is 0.0685. The van der Waals surface area contributed by atoms with Crippen molar-refractivity contribution in [2.45, 2.75) is 6.92 Å². The first-order valence-electron chi connectivity index (χ1n) is 8.74. The highest BCUT2D eigenvalue weighted by Gasteiger charge is 2.32. The second-order valence-corrected chi connectivity index (χ2v) is 6.71. The smallest absolute Gasteiger partial charge is 0.316 e. The Labute approximate surface area is 167 Å². The van der Waals surface area contributed by atoms with E-state index < -0.39 is 0 Å². The largest absolute Gasteiger partial charge is 0.497 e. The number of esters is 1. The third kappa shape index (κ3) is 4.61. The Hall–Kier alpha value is -3.06. The number of thioether (sulfide) groups is 1. The summed E-state index contributed by atoms with van der Waals surface area (Å²) in [5.74, 6) is 0.0803. The van der Waals surface area contributed by atoms with Gasteiger partial charge in [0.1, 0.15) is 11.4 Å². The van der Waals surface area contributed by atoms with Crippen LogP contribution in [0.4, 0.5) is 5.69 Å². The zero-order chi connectivity index (χ0) is 19.9. The maximum Gasteiger partial charge on any atom is 0.316 e. The first kappa shape index (κ1) is 19.7. The molecule has 0 N–H and O–H groups in total. The van der Waals surface area contributed by atoms with Gasteiger partial charge in [-0.05, 0) is 30.7 Å². The van der Waals surface area contributed by atoms with Crippen LogP contribution in [0.2, 0.25) is 0 Å². The van der Waals surface area contributed by atoms with Crippen molar-refractivity contribution in [3.63, 3.8) is 0 Å². The number of ether oxygens (including phenoxy) is 2. The molecule has 1 aliphatic rings. The van der Waals surface area contributed by atoms with Gasteiger partial charge in [-0.25, -0.2) is 4.99 Å². The SMILES string of the molecule is CCOC(=O)CSC1=N/C(=C/c2ccccc2)C(=O)N1c1cccc(OC)c1. The molecule has 0 saturated heterocycles. The standard InChI is InChI=1S/C21H20N2O4S/c1-3-27-19(24)14-28-21-22-18(12-15-8-5-4-6-9-15)20(25)23(21)16-10-7-11-17(13-16)26-2/h4-13H,3,14H2,1-2H3/b18-12+. The molecule has 144 valence electrons. The molecule has 1 heterocycles. The molecule has 3 rings (SSSR count). The van der Waals surface area contributed by atoms with E-state index in [2.05, 4.69) is 4.99 Å². The third-order valence-electron chi connectivity index (χ3n) is 3.87. The fraction of sp³-hybridized carbons (Fsp3) is 0.190. The van der Waals surface area contributed by atoms with Gasteiger partial charge in [-0.3, -0.25) is 14.5 Å². The minimum Gasteiger partial charge on any atom is -0.497 e. The highest BCUT2D eigenvalue weighted by molar-refractivity contribution is 8.14. The molecule has 6 nitrogen and oxygen atoms in total. The molecule has 28 heavy (non-hydrogen) atoms. The fourth-order valence-electron chi connectivity index (χ4n) is 2.60. The highest BCUT2D eigenvalue weighted by atomic mass is 32.2. The number of carbonyl (C=O) groups excluding carboxylic acids is 2. The zero-order valence-corrected chi connectivity index (χ0v) is 16.4. The summed E-state index contributed by atoms with van der Waals surface area (Å²) in [6.45, 7) is 2.06. The van der Waals surface area contributed by atoms with Gasteiger partial charge in [0.05, 0.1) is 25.2 Å². The van der Waals surface area contributed by atoms with E-state index in [4.69, 9.17) is 9.47 Å². The predicted octanol–water partition coefficient (Wildman–Crippen LogP) is 3.74. The lowest BCUT2D eigenvalue weighted by Crippen LogP contribution is -2.31. The minimum atomic E-state index is -0.353. The van der Waals surface area contributed by atoms with Crippen LogP contribution in [0.5, 0.6) is 5.75 Å². The molecular weight excluding hydrogens is 376 g/mol. The lowest BCUT2D eigenvalue weighted by Gasteiger charge is -2.18. The van der Waals surface area contributed by atoms with Gasteiger partial charge in [0.2, 0.25) is 0 Å². The summed E-state index contributed by atoms with van der Waals surface area (Å²) in [5, 5.41) is 0.425. The van der Waals surface area contributed by atoms with Gasteiger partial charge >= 0.3 is 5.97 Å². The molecule has 0 saturated carbocycles. The monoisotopic (exact) mass is 396 g/mol. The Morgan fingerprint density at radius 1 is 1.18 bits per heavy atom. The van der Waals surface area contributed by atoms with E-state index in [1.54, 1.807) is 44.4 Å². The molecule has 0 unspecified atom stereocenters. The van der Waals surface area contributed by atoms with Gasteiger partial charge in [0.25, 0.3) is 5.91 Å². The maximum absolute atomic E-state index is 13.1. The Bertz CT molecular complexity index is 925. The van der Waals surface area contributed by atoms with Crippen molar-refractivity contribution in [2.75, 3.05) is 24.4 Å². The summed E-state index contributed by atoms with van der Waals surface area (Å²) in [5.41, 5.74) is 1.80. The van der Waals surface area contributed by atoms with E-state index in [0.717, 1.165) is 5.56 Å². The topological polar surface area (TPSA) is 68.2 Å². The van der Waals surface area contributed by atoms with Crippen LogP contribution in [0, 0.1) is 0 Å². The summed E-state index contributed by atoms with van der Waals surface area (Å²) >= 11 is 1.17. The average Bonchev–Trinajstić information content (AvgIpc) is 3.02. The van der Waals surface area contributed by atoms with Gasteiger partial charge in [-0.15, -0.1) is 0 Å². The third-order valence-corrected chi connectivity index (χ3v) is 4.78. The van der Waals surface area contributed by atoms with Crippen LogP contribution in [0.15, 0.2) is 65.3 Å². The van der Waals surface area contributed by atoms with Crippen molar-refractivity contribution in [2.24, 2.45) is 4.99 Å². The molecule has 1 amide bonds. The van der Waals surface area contributed by atoms with Gasteiger partial charge in [-0.1, -0.05) is 48.2 Å². The van der Waals surface area contributed by atoms with Gasteiger partial charge in [-0.2, -0.15) is 0 Å². The molecule has 0 aliphatic carbocycles. The summed E-state index contributed by atoms with van der Waals surface area (Å²) < 4.78 is 10.2. The zero-order valence-electron chi connectivity index (χ0n) is 15.6. The number of hydrogen-bond donors (Lipinski definition) is 0. The van der Waals surface area contributed by atoms with Crippen LogP contribution < -0.4 is 9.64 Å². The van der Waals surface area contributed by atoms with Crippen LogP contribution in [0.25, 0.3) is 6.08 Å². The highest BCUT2D eigenvalue weighted by Crippen LogP contribution is 2.31. The normalized spacial score (nSPS) is 14.9. The lowest BCUT2D eigenvalue weighted by molar-refractivity contribution is -0.139. The summed E-state index contributed by atoms with van der Waals surface area (Å²) in [7, 11) is 1.57. The van der Waals surface area contributed by atoms with Crippen molar-refractivity contribution in [3.05, 3.63) is 65.9 Å². The molecule has 0 atom stereocenters. The van der Waals surface area contributed by atoms with Crippen molar-refractivity contribution in [1.29, 1.82) is 0 Å². The number of amides is 1. The van der Waals surface area contributed by atoms with E-state index in [9.17, 15) is 9.59 Å². The first-order valence-corrected chi connectivity index (χ1v) is 9.73. The number of hydrogen-bond acceptors (Lipinski definition) is 6. The molecule has 0 spiro atoms. The van der Waals surface area contributed by atoms with E-state index >= 15 is 0 Å². The van der Waals surface area contributed by atoms with Gasteiger partial charge in [0, 0.05) is 6.07 Å². The number of methoxy groups -OCH3 is 1. The lowest BCUT2D eigenvalue weighted by atomic mass is 10.2. The van der Waals surface area contributed by atoms with Crippen LogP contribution in [-0.2, 0) is 14.3 Å². The van der Waals surface area contributed by atoms with E-state index in [-0.39, 0.29) is 17.6 Å². The van der Waals surface area contributed by atoms with Gasteiger partial charge < -0.3 is 9.47 Å². The summed E-state index contributed by atoms with van der Waals surface area (Å²) in [6, 6.07) is 16.6. The summed E-state index contributed by atoms with van der Waals surface area (Å²) in [6.07, 6.45) is 1.73. The Morgan fingerprint density at radius 2 is 1.96 bits per heavy atom. The van der Waals surface area contributed by atoms with Crippen molar-refractivity contribution in [1.82, 2.24) is 0 Å². The molecule has 2 aromatic carbocycles. The number of anilines is 1. The second-order valence-electron chi connectivity index (χ2n) is 5.77. The van der Waals surface area contributed by atoms with Crippen molar-refractivity contribution < 1.29 is 19.1 Å². The number of rotatable bonds is 6. The molecule has 0 fully saturated rings. The number of carbonyl (C=O) groups is 2. The predicted molar refractivity (Wildman–Crippen MR) is 111 cm³/mol. The van der Waals surface area contributed by atoms with E-state index in [1.807, 2.05) is 30.3 Å². The van der Waals surface area contributed by atoms with Crippen molar-refractivity contribution >= 4 is 40.6 Å². The Balaban J connectivity index is 1.93. The van der Waals surface area contributed by atoms with Gasteiger partial charge in [0.15, 0.2) is 5.17 Å². The Kier molecular flexibility index (Phi) is 6.49. The number of benzene rings is 2. The molecule has 0 radical (unpaired) electrons. The van der Waals surface area contributed by atoms with E-state index in [1.165, 1.54) is 16.7 Å². The first-order chi connectivity index (χ1) is 13.6.